The number of carbonyl (C=O) groups is 1. The van der Waals surface area contributed by atoms with E-state index in [0.29, 0.717) is 22.2 Å². The molecule has 0 radical (unpaired) electrons. The van der Waals surface area contributed by atoms with E-state index in [1.807, 2.05) is 31.2 Å². The molecule has 0 bridgehead atoms. The van der Waals surface area contributed by atoms with E-state index in [1.54, 1.807) is 24.3 Å². The number of rotatable bonds is 4. The molecule has 0 aromatic heterocycles. The first-order valence-corrected chi connectivity index (χ1v) is 8.04. The summed E-state index contributed by atoms with van der Waals surface area (Å²) in [5.41, 5.74) is 1.49. The normalized spacial score (nSPS) is 15.4. The van der Waals surface area contributed by atoms with E-state index in [4.69, 9.17) is 32.7 Å². The highest BCUT2D eigenvalue weighted by atomic mass is 35.5. The molecule has 0 fully saturated rings. The van der Waals surface area contributed by atoms with Gasteiger partial charge >= 0.3 is 5.97 Å². The lowest BCUT2D eigenvalue weighted by atomic mass is 10.2. The Balaban J connectivity index is 1.90. The molecule has 24 heavy (non-hydrogen) atoms. The maximum atomic E-state index is 12.0. The minimum atomic E-state index is -0.532. The molecule has 2 aromatic rings. The maximum Gasteiger partial charge on any atom is 0.363 e. The van der Waals surface area contributed by atoms with Gasteiger partial charge < -0.3 is 9.47 Å². The molecule has 0 N–H and O–H groups in total. The summed E-state index contributed by atoms with van der Waals surface area (Å²) in [6.07, 6.45) is 1.64. The van der Waals surface area contributed by atoms with Crippen molar-refractivity contribution in [3.05, 3.63) is 69.3 Å². The van der Waals surface area contributed by atoms with Crippen molar-refractivity contribution in [3.8, 4) is 5.75 Å². The average molecular weight is 362 g/mol. The first-order chi connectivity index (χ1) is 11.6. The van der Waals surface area contributed by atoms with Gasteiger partial charge in [-0.05, 0) is 42.8 Å². The van der Waals surface area contributed by atoms with Crippen LogP contribution in [0, 0.1) is 0 Å². The third-order valence-electron chi connectivity index (χ3n) is 3.30. The summed E-state index contributed by atoms with van der Waals surface area (Å²) in [7, 11) is 0. The van der Waals surface area contributed by atoms with Crippen molar-refractivity contribution in [2.45, 2.75) is 6.92 Å². The van der Waals surface area contributed by atoms with Crippen molar-refractivity contribution >= 4 is 41.1 Å². The highest BCUT2D eigenvalue weighted by Gasteiger charge is 2.26. The van der Waals surface area contributed by atoms with Gasteiger partial charge in [0.25, 0.3) is 0 Å². The predicted octanol–water partition coefficient (Wildman–Crippen LogP) is 4.74. The van der Waals surface area contributed by atoms with Crippen LogP contribution in [-0.4, -0.2) is 18.5 Å². The van der Waals surface area contributed by atoms with Crippen LogP contribution in [0.5, 0.6) is 5.75 Å². The summed E-state index contributed by atoms with van der Waals surface area (Å²) >= 11 is 12.1. The minimum Gasteiger partial charge on any atom is -0.494 e. The fourth-order valence-electron chi connectivity index (χ4n) is 2.18. The zero-order valence-electron chi connectivity index (χ0n) is 12.8. The number of hydrogen-bond donors (Lipinski definition) is 0. The summed E-state index contributed by atoms with van der Waals surface area (Å²) in [4.78, 5) is 16.2. The molecule has 1 aliphatic heterocycles. The molecule has 0 saturated heterocycles. The van der Waals surface area contributed by atoms with Crippen LogP contribution in [0.25, 0.3) is 6.08 Å². The van der Waals surface area contributed by atoms with Gasteiger partial charge in [-0.1, -0.05) is 41.4 Å². The Morgan fingerprint density at radius 2 is 1.92 bits per heavy atom. The molecule has 0 amide bonds. The fourth-order valence-corrected chi connectivity index (χ4v) is 2.56. The number of nitrogens with zero attached hydrogens (tertiary/aromatic N) is 1. The van der Waals surface area contributed by atoms with Crippen molar-refractivity contribution in [2.24, 2.45) is 4.99 Å². The number of benzene rings is 2. The van der Waals surface area contributed by atoms with Crippen LogP contribution in [0.3, 0.4) is 0 Å². The standard InChI is InChI=1S/C18H13Cl2NO3/c1-2-23-12-8-6-11(7-9-12)10-15-18(22)24-17(21-15)13-4-3-5-14(19)16(13)20/h3-10H,2H2,1H3/b15-10+. The molecule has 2 aromatic carbocycles. The van der Waals surface area contributed by atoms with Gasteiger partial charge in [0.05, 0.1) is 22.2 Å². The van der Waals surface area contributed by atoms with Crippen molar-refractivity contribution in [2.75, 3.05) is 6.61 Å². The molecule has 0 spiro atoms. The van der Waals surface area contributed by atoms with E-state index in [2.05, 4.69) is 4.99 Å². The molecule has 1 aliphatic rings. The van der Waals surface area contributed by atoms with Crippen molar-refractivity contribution in [1.82, 2.24) is 0 Å². The highest BCUT2D eigenvalue weighted by molar-refractivity contribution is 6.44. The minimum absolute atomic E-state index is 0.143. The lowest BCUT2D eigenvalue weighted by molar-refractivity contribution is -0.129. The Kier molecular flexibility index (Phi) is 4.88. The summed E-state index contributed by atoms with van der Waals surface area (Å²) in [6.45, 7) is 2.52. The van der Waals surface area contributed by atoms with Crippen molar-refractivity contribution in [1.29, 1.82) is 0 Å². The van der Waals surface area contributed by atoms with Crippen LogP contribution in [0.4, 0.5) is 0 Å². The highest BCUT2D eigenvalue weighted by Crippen LogP contribution is 2.29. The first kappa shape index (κ1) is 16.6. The van der Waals surface area contributed by atoms with Gasteiger partial charge in [0.2, 0.25) is 5.90 Å². The van der Waals surface area contributed by atoms with Gasteiger partial charge in [-0.2, -0.15) is 0 Å². The molecule has 3 rings (SSSR count). The predicted molar refractivity (Wildman–Crippen MR) is 94.7 cm³/mol. The Morgan fingerprint density at radius 3 is 2.62 bits per heavy atom. The monoisotopic (exact) mass is 361 g/mol. The van der Waals surface area contributed by atoms with Gasteiger partial charge in [-0.3, -0.25) is 0 Å². The number of hydrogen-bond acceptors (Lipinski definition) is 4. The second kappa shape index (κ2) is 7.07. The van der Waals surface area contributed by atoms with E-state index >= 15 is 0 Å². The van der Waals surface area contributed by atoms with E-state index in [1.165, 1.54) is 0 Å². The molecular formula is C18H13Cl2NO3. The molecule has 6 heteroatoms. The van der Waals surface area contributed by atoms with Gasteiger partial charge in [-0.15, -0.1) is 0 Å². The van der Waals surface area contributed by atoms with Crippen LogP contribution >= 0.6 is 23.2 Å². The molecule has 0 unspecified atom stereocenters. The molecule has 4 nitrogen and oxygen atoms in total. The van der Waals surface area contributed by atoms with E-state index in [-0.39, 0.29) is 11.6 Å². The molecule has 0 atom stereocenters. The van der Waals surface area contributed by atoms with Crippen LogP contribution in [-0.2, 0) is 9.53 Å². The molecule has 122 valence electrons. The number of aliphatic imine (C=N–C) groups is 1. The van der Waals surface area contributed by atoms with Gasteiger partial charge in [0, 0.05) is 0 Å². The first-order valence-electron chi connectivity index (χ1n) is 7.28. The summed E-state index contributed by atoms with van der Waals surface area (Å²) < 4.78 is 10.6. The third kappa shape index (κ3) is 3.45. The zero-order valence-corrected chi connectivity index (χ0v) is 14.3. The Labute approximate surface area is 149 Å². The van der Waals surface area contributed by atoms with E-state index < -0.39 is 5.97 Å². The number of carbonyl (C=O) groups excluding carboxylic acids is 1. The fraction of sp³-hybridized carbons (Fsp3) is 0.111. The second-order valence-electron chi connectivity index (χ2n) is 4.94. The van der Waals surface area contributed by atoms with E-state index in [0.717, 1.165) is 11.3 Å². The van der Waals surface area contributed by atoms with Crippen LogP contribution in [0.15, 0.2) is 53.2 Å². The number of esters is 1. The second-order valence-corrected chi connectivity index (χ2v) is 5.72. The average Bonchev–Trinajstić information content (AvgIpc) is 2.93. The topological polar surface area (TPSA) is 47.9 Å². The molecular weight excluding hydrogens is 349 g/mol. The van der Waals surface area contributed by atoms with Crippen molar-refractivity contribution < 1.29 is 14.3 Å². The number of halogens is 2. The summed E-state index contributed by atoms with van der Waals surface area (Å²) in [5, 5.41) is 0.671. The Hall–Kier alpha value is -2.30. The quantitative estimate of drug-likeness (QED) is 0.583. The third-order valence-corrected chi connectivity index (χ3v) is 4.12. The zero-order chi connectivity index (χ0) is 17.1. The van der Waals surface area contributed by atoms with Gasteiger partial charge in [0.15, 0.2) is 5.70 Å². The summed E-state index contributed by atoms with van der Waals surface area (Å²) in [6, 6.07) is 12.4. The van der Waals surface area contributed by atoms with Crippen molar-refractivity contribution in [3.63, 3.8) is 0 Å². The lowest BCUT2D eigenvalue weighted by Gasteiger charge is -2.03. The molecule has 0 saturated carbocycles. The number of cyclic esters (lactones) is 1. The van der Waals surface area contributed by atoms with E-state index in [9.17, 15) is 4.79 Å². The smallest absolute Gasteiger partial charge is 0.363 e. The van der Waals surface area contributed by atoms with Gasteiger partial charge in [-0.25, -0.2) is 9.79 Å². The van der Waals surface area contributed by atoms with Crippen LogP contribution in [0.1, 0.15) is 18.1 Å². The summed E-state index contributed by atoms with van der Waals surface area (Å²) in [5.74, 6) is 0.378. The largest absolute Gasteiger partial charge is 0.494 e. The van der Waals surface area contributed by atoms with Crippen LogP contribution < -0.4 is 4.74 Å². The molecule has 0 aliphatic carbocycles. The number of ether oxygens (including phenoxy) is 2. The lowest BCUT2D eigenvalue weighted by Crippen LogP contribution is -2.06. The molecule has 1 heterocycles. The Bertz CT molecular complexity index is 842. The van der Waals surface area contributed by atoms with Crippen LogP contribution in [0.2, 0.25) is 10.0 Å². The maximum absolute atomic E-state index is 12.0. The Morgan fingerprint density at radius 1 is 1.17 bits per heavy atom. The van der Waals surface area contributed by atoms with Gasteiger partial charge in [0.1, 0.15) is 5.75 Å². The SMILES string of the molecule is CCOc1ccc(/C=C2/N=C(c3cccc(Cl)c3Cl)OC2=O)cc1.